The van der Waals surface area contributed by atoms with Gasteiger partial charge in [-0.2, -0.15) is 0 Å². The van der Waals surface area contributed by atoms with Gasteiger partial charge in [-0.25, -0.2) is 0 Å². The summed E-state index contributed by atoms with van der Waals surface area (Å²) in [6, 6.07) is 11.2. The first-order valence-corrected chi connectivity index (χ1v) is 4.84. The van der Waals surface area contributed by atoms with Gasteiger partial charge in [0.15, 0.2) is 0 Å². The average Bonchev–Trinajstić information content (AvgIpc) is 2.20. The molecule has 1 aromatic rings. The van der Waals surface area contributed by atoms with E-state index in [9.17, 15) is 0 Å². The van der Waals surface area contributed by atoms with E-state index in [0.717, 1.165) is 19.6 Å². The molecule has 2 rings (SSSR count). The van der Waals surface area contributed by atoms with Crippen LogP contribution >= 0.6 is 24.8 Å². The summed E-state index contributed by atoms with van der Waals surface area (Å²) in [5.41, 5.74) is 1.41. The van der Waals surface area contributed by atoms with Crippen LogP contribution in [0.15, 0.2) is 30.3 Å². The van der Waals surface area contributed by atoms with Gasteiger partial charge in [-0.1, -0.05) is 30.3 Å². The second kappa shape index (κ2) is 8.79. The highest BCUT2D eigenvalue weighted by Gasteiger charge is 2.19. The molecule has 0 spiro atoms. The van der Waals surface area contributed by atoms with Gasteiger partial charge in [-0.3, -0.25) is 4.90 Å². The van der Waals surface area contributed by atoms with E-state index in [0.29, 0.717) is 6.04 Å². The number of hydrogen-bond acceptors (Lipinski definition) is 2. The molecule has 1 fully saturated rings. The Labute approximate surface area is 109 Å². The highest BCUT2D eigenvalue weighted by Crippen LogP contribution is 2.19. The van der Waals surface area contributed by atoms with Gasteiger partial charge in [-0.05, 0) is 12.6 Å². The van der Waals surface area contributed by atoms with Gasteiger partial charge in [0.05, 0.1) is 0 Å². The summed E-state index contributed by atoms with van der Waals surface area (Å²) in [5.74, 6) is 0. The van der Waals surface area contributed by atoms with E-state index in [-0.39, 0.29) is 30.3 Å². The van der Waals surface area contributed by atoms with Gasteiger partial charge < -0.3 is 10.8 Å². The largest absolute Gasteiger partial charge is 0.412 e. The molecule has 1 aliphatic rings. The molecule has 1 unspecified atom stereocenters. The van der Waals surface area contributed by atoms with Crippen molar-refractivity contribution in [3.05, 3.63) is 35.9 Å². The Morgan fingerprint density at radius 1 is 1.19 bits per heavy atom. The molecule has 16 heavy (non-hydrogen) atoms. The van der Waals surface area contributed by atoms with E-state index < -0.39 is 0 Å². The standard InChI is InChI=1S/C11H16N2.2ClH.H2O/c1-13-8-7-12-9-11(13)10-5-3-2-4-6-10;;;/h2-6,11-12H,7-9H2,1H3;2*1H;1H2. The number of nitrogens with zero attached hydrogens (tertiary/aromatic N) is 1. The first-order chi connectivity index (χ1) is 6.38. The summed E-state index contributed by atoms with van der Waals surface area (Å²) in [5, 5.41) is 3.42. The molecule has 0 aliphatic carbocycles. The molecule has 1 atom stereocenters. The SMILES string of the molecule is CN1CCNCC1c1ccccc1.Cl.Cl.O. The lowest BCUT2D eigenvalue weighted by Crippen LogP contribution is -2.43. The molecule has 0 bridgehead atoms. The first kappa shape index (κ1) is 18.1. The highest BCUT2D eigenvalue weighted by atomic mass is 35.5. The molecule has 0 amide bonds. The maximum absolute atomic E-state index is 3.42. The topological polar surface area (TPSA) is 46.8 Å². The second-order valence-corrected chi connectivity index (χ2v) is 3.61. The molecule has 0 saturated carbocycles. The number of halogens is 2. The Morgan fingerprint density at radius 2 is 1.81 bits per heavy atom. The number of benzene rings is 1. The van der Waals surface area contributed by atoms with Gasteiger partial charge in [0, 0.05) is 25.7 Å². The zero-order chi connectivity index (χ0) is 9.10. The minimum atomic E-state index is 0. The van der Waals surface area contributed by atoms with Crippen molar-refractivity contribution in [2.24, 2.45) is 0 Å². The maximum atomic E-state index is 3.42. The van der Waals surface area contributed by atoms with E-state index in [1.54, 1.807) is 0 Å². The molecule has 94 valence electrons. The monoisotopic (exact) mass is 266 g/mol. The van der Waals surface area contributed by atoms with Crippen LogP contribution in [0.25, 0.3) is 0 Å². The lowest BCUT2D eigenvalue weighted by atomic mass is 10.0. The predicted octanol–water partition coefficient (Wildman–Crippen LogP) is 1.28. The number of hydrogen-bond donors (Lipinski definition) is 1. The second-order valence-electron chi connectivity index (χ2n) is 3.61. The normalized spacial score (nSPS) is 19.9. The third-order valence-electron chi connectivity index (χ3n) is 2.70. The molecule has 1 aliphatic heterocycles. The summed E-state index contributed by atoms with van der Waals surface area (Å²) < 4.78 is 0. The van der Waals surface area contributed by atoms with E-state index in [2.05, 4.69) is 47.6 Å². The van der Waals surface area contributed by atoms with Crippen LogP contribution in [-0.4, -0.2) is 37.1 Å². The molecule has 5 heteroatoms. The van der Waals surface area contributed by atoms with Crippen molar-refractivity contribution >= 4 is 24.8 Å². The van der Waals surface area contributed by atoms with Gasteiger partial charge in [0.2, 0.25) is 0 Å². The summed E-state index contributed by atoms with van der Waals surface area (Å²) in [7, 11) is 2.19. The van der Waals surface area contributed by atoms with Crippen molar-refractivity contribution in [2.75, 3.05) is 26.7 Å². The average molecular weight is 267 g/mol. The van der Waals surface area contributed by atoms with Gasteiger partial charge in [0.25, 0.3) is 0 Å². The van der Waals surface area contributed by atoms with Crippen LogP contribution in [0.2, 0.25) is 0 Å². The predicted molar refractivity (Wildman–Crippen MR) is 72.8 cm³/mol. The summed E-state index contributed by atoms with van der Waals surface area (Å²) in [6.07, 6.45) is 0. The van der Waals surface area contributed by atoms with Gasteiger partial charge in [-0.15, -0.1) is 24.8 Å². The Balaban J connectivity index is 0. The van der Waals surface area contributed by atoms with E-state index >= 15 is 0 Å². The van der Waals surface area contributed by atoms with Crippen LogP contribution in [-0.2, 0) is 0 Å². The number of rotatable bonds is 1. The lowest BCUT2D eigenvalue weighted by molar-refractivity contribution is 0.202. The first-order valence-electron chi connectivity index (χ1n) is 4.84. The number of piperazine rings is 1. The van der Waals surface area contributed by atoms with E-state index in [4.69, 9.17) is 0 Å². The Hall–Kier alpha value is -0.320. The molecule has 3 N–H and O–H groups in total. The highest BCUT2D eigenvalue weighted by molar-refractivity contribution is 5.85. The Bertz CT molecular complexity index is 272. The maximum Gasteiger partial charge on any atom is 0.0470 e. The minimum absolute atomic E-state index is 0. The van der Waals surface area contributed by atoms with Crippen molar-refractivity contribution in [2.45, 2.75) is 6.04 Å². The van der Waals surface area contributed by atoms with Crippen LogP contribution < -0.4 is 5.32 Å². The fraction of sp³-hybridized carbons (Fsp3) is 0.455. The van der Waals surface area contributed by atoms with Crippen molar-refractivity contribution < 1.29 is 5.48 Å². The molecular formula is C11H20Cl2N2O. The molecule has 1 aromatic carbocycles. The van der Waals surface area contributed by atoms with Gasteiger partial charge >= 0.3 is 0 Å². The molecule has 1 saturated heterocycles. The Kier molecular flexibility index (Phi) is 9.92. The van der Waals surface area contributed by atoms with Crippen molar-refractivity contribution in [1.82, 2.24) is 10.2 Å². The van der Waals surface area contributed by atoms with Gasteiger partial charge in [0.1, 0.15) is 0 Å². The summed E-state index contributed by atoms with van der Waals surface area (Å²) in [6.45, 7) is 3.32. The fourth-order valence-electron chi connectivity index (χ4n) is 1.85. The molecule has 0 aromatic heterocycles. The van der Waals surface area contributed by atoms with Crippen molar-refractivity contribution in [1.29, 1.82) is 0 Å². The molecule has 1 heterocycles. The summed E-state index contributed by atoms with van der Waals surface area (Å²) in [4.78, 5) is 2.41. The summed E-state index contributed by atoms with van der Waals surface area (Å²) >= 11 is 0. The smallest absolute Gasteiger partial charge is 0.0470 e. The van der Waals surface area contributed by atoms with Crippen molar-refractivity contribution in [3.63, 3.8) is 0 Å². The van der Waals surface area contributed by atoms with Crippen LogP contribution in [0.3, 0.4) is 0 Å². The fourth-order valence-corrected chi connectivity index (χ4v) is 1.85. The van der Waals surface area contributed by atoms with Crippen molar-refractivity contribution in [3.8, 4) is 0 Å². The quantitative estimate of drug-likeness (QED) is 0.833. The van der Waals surface area contributed by atoms with Crippen LogP contribution in [0.4, 0.5) is 0 Å². The third kappa shape index (κ3) is 4.28. The number of likely N-dealkylation sites (N-methyl/N-ethyl adjacent to an activating group) is 1. The molecule has 0 radical (unpaired) electrons. The molecular weight excluding hydrogens is 247 g/mol. The third-order valence-corrected chi connectivity index (χ3v) is 2.70. The zero-order valence-corrected chi connectivity index (χ0v) is 11.0. The minimum Gasteiger partial charge on any atom is -0.412 e. The van der Waals surface area contributed by atoms with E-state index in [1.807, 2.05) is 0 Å². The zero-order valence-electron chi connectivity index (χ0n) is 9.35. The van der Waals surface area contributed by atoms with E-state index in [1.165, 1.54) is 5.56 Å². The molecule has 3 nitrogen and oxygen atoms in total. The lowest BCUT2D eigenvalue weighted by Gasteiger charge is -2.33. The van der Waals surface area contributed by atoms with Crippen LogP contribution in [0.5, 0.6) is 0 Å². The number of nitrogens with one attached hydrogen (secondary N) is 1. The Morgan fingerprint density at radius 3 is 2.38 bits per heavy atom. The van der Waals surface area contributed by atoms with Crippen LogP contribution in [0.1, 0.15) is 11.6 Å². The van der Waals surface area contributed by atoms with Crippen LogP contribution in [0, 0.1) is 0 Å².